The summed E-state index contributed by atoms with van der Waals surface area (Å²) in [6, 6.07) is 3.88. The Bertz CT molecular complexity index is 516. The highest BCUT2D eigenvalue weighted by atomic mass is 32.1. The third kappa shape index (κ3) is 2.82. The minimum Gasteiger partial charge on any atom is -0.463 e. The first-order chi connectivity index (χ1) is 9.36. The van der Waals surface area contributed by atoms with Gasteiger partial charge in [0.1, 0.15) is 5.69 Å². The lowest BCUT2D eigenvalue weighted by Crippen LogP contribution is -2.17. The molecule has 0 aromatic carbocycles. The first-order valence-corrected chi connectivity index (χ1v) is 7.47. The second-order valence-electron chi connectivity index (χ2n) is 4.78. The summed E-state index contributed by atoms with van der Waals surface area (Å²) >= 11 is 1.73. The Balaban J connectivity index is 1.84. The molecule has 3 heterocycles. The number of aromatic nitrogens is 1. The van der Waals surface area contributed by atoms with E-state index in [1.54, 1.807) is 17.6 Å². The number of hydrogen-bond donors (Lipinski definition) is 1. The Hall–Kier alpha value is -1.33. The summed E-state index contributed by atoms with van der Waals surface area (Å²) in [4.78, 5) is 5.93. The van der Waals surface area contributed by atoms with Gasteiger partial charge in [-0.05, 0) is 37.3 Å². The van der Waals surface area contributed by atoms with Gasteiger partial charge in [0.25, 0.3) is 0 Å². The molecule has 0 radical (unpaired) electrons. The van der Waals surface area contributed by atoms with Crippen LogP contribution in [0.15, 0.2) is 22.8 Å². The molecule has 2 aromatic rings. The van der Waals surface area contributed by atoms with E-state index in [9.17, 15) is 0 Å². The van der Waals surface area contributed by atoms with Crippen LogP contribution in [-0.2, 0) is 11.2 Å². The minimum atomic E-state index is 0.701. The molecule has 0 bridgehead atoms. The first-order valence-electron chi connectivity index (χ1n) is 6.66. The number of thiazole rings is 1. The van der Waals surface area contributed by atoms with Gasteiger partial charge in [-0.1, -0.05) is 0 Å². The second-order valence-corrected chi connectivity index (χ2v) is 5.86. The number of hydrogen-bond acceptors (Lipinski definition) is 5. The number of ether oxygens (including phenoxy) is 1. The van der Waals surface area contributed by atoms with Crippen molar-refractivity contribution in [3.05, 3.63) is 23.3 Å². The van der Waals surface area contributed by atoms with Gasteiger partial charge in [-0.25, -0.2) is 4.98 Å². The Morgan fingerprint density at radius 2 is 2.26 bits per heavy atom. The normalized spacial score (nSPS) is 16.7. The summed E-state index contributed by atoms with van der Waals surface area (Å²) in [6.07, 6.45) is 5.06. The Kier molecular flexibility index (Phi) is 3.84. The van der Waals surface area contributed by atoms with Crippen LogP contribution < -0.4 is 5.32 Å². The van der Waals surface area contributed by atoms with E-state index in [1.807, 2.05) is 19.2 Å². The van der Waals surface area contributed by atoms with Crippen LogP contribution in [0.2, 0.25) is 0 Å². The SMILES string of the molecule is CNc1nc(-c2ccco2)c(CC2CCOCC2)s1. The van der Waals surface area contributed by atoms with Gasteiger partial charge >= 0.3 is 0 Å². The number of furan rings is 1. The van der Waals surface area contributed by atoms with Crippen LogP contribution >= 0.6 is 11.3 Å². The average molecular weight is 278 g/mol. The molecule has 1 fully saturated rings. The fourth-order valence-electron chi connectivity index (χ4n) is 2.42. The van der Waals surface area contributed by atoms with Gasteiger partial charge in [0.05, 0.1) is 6.26 Å². The standard InChI is InChI=1S/C14H18N2O2S/c1-15-14-16-13(11-3-2-6-18-11)12(19-14)9-10-4-7-17-8-5-10/h2-3,6,10H,4-5,7-9H2,1H3,(H,15,16). The number of rotatable bonds is 4. The lowest BCUT2D eigenvalue weighted by Gasteiger charge is -2.21. The molecule has 2 aromatic heterocycles. The predicted molar refractivity (Wildman–Crippen MR) is 76.6 cm³/mol. The van der Waals surface area contributed by atoms with E-state index < -0.39 is 0 Å². The van der Waals surface area contributed by atoms with Gasteiger partial charge in [-0.15, -0.1) is 11.3 Å². The van der Waals surface area contributed by atoms with Gasteiger partial charge in [-0.3, -0.25) is 0 Å². The Morgan fingerprint density at radius 3 is 2.95 bits per heavy atom. The summed E-state index contributed by atoms with van der Waals surface area (Å²) in [7, 11) is 1.91. The lowest BCUT2D eigenvalue weighted by molar-refractivity contribution is 0.0667. The molecule has 0 spiro atoms. The zero-order valence-corrected chi connectivity index (χ0v) is 11.8. The Morgan fingerprint density at radius 1 is 1.42 bits per heavy atom. The summed E-state index contributed by atoms with van der Waals surface area (Å²) in [5.74, 6) is 1.56. The molecule has 1 aliphatic heterocycles. The van der Waals surface area contributed by atoms with E-state index in [2.05, 4.69) is 10.3 Å². The molecule has 0 unspecified atom stereocenters. The van der Waals surface area contributed by atoms with Crippen molar-refractivity contribution in [2.45, 2.75) is 19.3 Å². The molecule has 0 amide bonds. The van der Waals surface area contributed by atoms with E-state index in [0.717, 1.165) is 49.1 Å². The van der Waals surface area contributed by atoms with Crippen LogP contribution in [0, 0.1) is 5.92 Å². The maximum Gasteiger partial charge on any atom is 0.183 e. The fourth-order valence-corrected chi connectivity index (χ4v) is 3.45. The zero-order chi connectivity index (χ0) is 13.1. The van der Waals surface area contributed by atoms with Crippen LogP contribution in [0.25, 0.3) is 11.5 Å². The van der Waals surface area contributed by atoms with Gasteiger partial charge in [0, 0.05) is 25.1 Å². The van der Waals surface area contributed by atoms with Crippen molar-refractivity contribution in [3.63, 3.8) is 0 Å². The maximum atomic E-state index is 5.50. The molecule has 1 aliphatic rings. The van der Waals surface area contributed by atoms with Crippen molar-refractivity contribution in [2.75, 3.05) is 25.6 Å². The largest absolute Gasteiger partial charge is 0.463 e. The van der Waals surface area contributed by atoms with Crippen LogP contribution in [0.1, 0.15) is 17.7 Å². The van der Waals surface area contributed by atoms with E-state index in [-0.39, 0.29) is 0 Å². The number of nitrogens with one attached hydrogen (secondary N) is 1. The van der Waals surface area contributed by atoms with Crippen LogP contribution in [-0.4, -0.2) is 25.2 Å². The molecule has 0 aliphatic carbocycles. The van der Waals surface area contributed by atoms with E-state index in [0.29, 0.717) is 5.92 Å². The molecule has 3 rings (SSSR count). The van der Waals surface area contributed by atoms with Gasteiger partial charge in [0.2, 0.25) is 0 Å². The quantitative estimate of drug-likeness (QED) is 0.931. The summed E-state index contributed by atoms with van der Waals surface area (Å²) < 4.78 is 10.9. The van der Waals surface area contributed by atoms with Crippen molar-refractivity contribution >= 4 is 16.5 Å². The number of anilines is 1. The molecular formula is C14H18N2O2S. The van der Waals surface area contributed by atoms with Gasteiger partial charge < -0.3 is 14.5 Å². The monoisotopic (exact) mass is 278 g/mol. The van der Waals surface area contributed by atoms with Crippen molar-refractivity contribution in [1.29, 1.82) is 0 Å². The van der Waals surface area contributed by atoms with E-state index >= 15 is 0 Å². The highest BCUT2D eigenvalue weighted by Gasteiger charge is 2.20. The summed E-state index contributed by atoms with van der Waals surface area (Å²) in [5, 5.41) is 4.08. The molecule has 4 nitrogen and oxygen atoms in total. The zero-order valence-electron chi connectivity index (χ0n) is 11.0. The first kappa shape index (κ1) is 12.7. The fraction of sp³-hybridized carbons (Fsp3) is 0.500. The Labute approximate surface area is 116 Å². The molecule has 19 heavy (non-hydrogen) atoms. The molecule has 0 saturated carbocycles. The van der Waals surface area contributed by atoms with Crippen LogP contribution in [0.3, 0.4) is 0 Å². The van der Waals surface area contributed by atoms with Gasteiger partial charge in [-0.2, -0.15) is 0 Å². The smallest absolute Gasteiger partial charge is 0.183 e. The van der Waals surface area contributed by atoms with Crippen LogP contribution in [0.5, 0.6) is 0 Å². The third-order valence-electron chi connectivity index (χ3n) is 3.48. The number of nitrogens with zero attached hydrogens (tertiary/aromatic N) is 1. The molecular weight excluding hydrogens is 260 g/mol. The topological polar surface area (TPSA) is 47.3 Å². The van der Waals surface area contributed by atoms with E-state index in [4.69, 9.17) is 9.15 Å². The van der Waals surface area contributed by atoms with E-state index in [1.165, 1.54) is 4.88 Å². The van der Waals surface area contributed by atoms with Crippen molar-refractivity contribution < 1.29 is 9.15 Å². The summed E-state index contributed by atoms with van der Waals surface area (Å²) in [6.45, 7) is 1.77. The second kappa shape index (κ2) is 5.75. The predicted octanol–water partition coefficient (Wildman–Crippen LogP) is 3.41. The molecule has 0 atom stereocenters. The van der Waals surface area contributed by atoms with Crippen molar-refractivity contribution in [2.24, 2.45) is 5.92 Å². The molecule has 102 valence electrons. The molecule has 5 heteroatoms. The van der Waals surface area contributed by atoms with Gasteiger partial charge in [0.15, 0.2) is 10.9 Å². The molecule has 1 N–H and O–H groups in total. The maximum absolute atomic E-state index is 5.50. The average Bonchev–Trinajstić information content (AvgIpc) is 3.08. The highest BCUT2D eigenvalue weighted by Crippen LogP contribution is 2.34. The lowest BCUT2D eigenvalue weighted by atomic mass is 9.95. The third-order valence-corrected chi connectivity index (χ3v) is 4.58. The highest BCUT2D eigenvalue weighted by molar-refractivity contribution is 7.16. The molecule has 1 saturated heterocycles. The van der Waals surface area contributed by atoms with Crippen LogP contribution in [0.4, 0.5) is 5.13 Å². The minimum absolute atomic E-state index is 0.701. The van der Waals surface area contributed by atoms with Crippen molar-refractivity contribution in [3.8, 4) is 11.5 Å². The summed E-state index contributed by atoms with van der Waals surface area (Å²) in [5.41, 5.74) is 0.992. The van der Waals surface area contributed by atoms with Crippen molar-refractivity contribution in [1.82, 2.24) is 4.98 Å².